The fraction of sp³-hybridized carbons (Fsp3) is 0.500. The van der Waals surface area contributed by atoms with Gasteiger partial charge in [-0.15, -0.1) is 0 Å². The largest absolute Gasteiger partial charge is 0.384 e. The van der Waals surface area contributed by atoms with E-state index in [1.807, 2.05) is 0 Å². The van der Waals surface area contributed by atoms with Crippen LogP contribution in [-0.2, 0) is 22.3 Å². The maximum absolute atomic E-state index is 6.04. The van der Waals surface area contributed by atoms with E-state index in [4.69, 9.17) is 15.2 Å². The van der Waals surface area contributed by atoms with Gasteiger partial charge in [-0.2, -0.15) is 0 Å². The molecular formula is C24H34N2O2. The molecule has 3 N–H and O–H groups in total. The third kappa shape index (κ3) is 5.81. The van der Waals surface area contributed by atoms with E-state index in [1.54, 1.807) is 14.2 Å². The molecule has 0 bridgehead atoms. The van der Waals surface area contributed by atoms with Crippen molar-refractivity contribution in [1.82, 2.24) is 0 Å². The van der Waals surface area contributed by atoms with Gasteiger partial charge in [-0.05, 0) is 85.4 Å². The monoisotopic (exact) mass is 382 g/mol. The predicted octanol–water partition coefficient (Wildman–Crippen LogP) is 4.79. The highest BCUT2D eigenvalue weighted by molar-refractivity contribution is 5.61. The molecule has 1 fully saturated rings. The van der Waals surface area contributed by atoms with Crippen LogP contribution in [0.3, 0.4) is 0 Å². The second-order valence-electron chi connectivity index (χ2n) is 7.83. The van der Waals surface area contributed by atoms with Crippen LogP contribution >= 0.6 is 0 Å². The number of nitrogens with one attached hydrogen (secondary N) is 1. The van der Waals surface area contributed by atoms with Crippen molar-refractivity contribution < 1.29 is 9.47 Å². The molecule has 1 saturated carbocycles. The van der Waals surface area contributed by atoms with Gasteiger partial charge in [0.05, 0.1) is 13.2 Å². The summed E-state index contributed by atoms with van der Waals surface area (Å²) in [6, 6.07) is 15.9. The lowest BCUT2D eigenvalue weighted by molar-refractivity contribution is 0.198. The van der Waals surface area contributed by atoms with Gasteiger partial charge in [-0.1, -0.05) is 18.2 Å². The maximum atomic E-state index is 6.04. The Balaban J connectivity index is 1.66. The first-order valence-electron chi connectivity index (χ1n) is 10.4. The average molecular weight is 383 g/mol. The molecule has 4 nitrogen and oxygen atoms in total. The summed E-state index contributed by atoms with van der Waals surface area (Å²) < 4.78 is 10.5. The third-order valence-electron chi connectivity index (χ3n) is 5.80. The Labute approximate surface area is 169 Å². The number of hydrogen-bond acceptors (Lipinski definition) is 4. The van der Waals surface area contributed by atoms with Crippen LogP contribution in [0.5, 0.6) is 0 Å². The van der Waals surface area contributed by atoms with E-state index >= 15 is 0 Å². The molecule has 3 rings (SSSR count). The number of nitrogens with two attached hydrogens (primary N) is 1. The molecule has 4 heteroatoms. The first kappa shape index (κ1) is 20.8. The van der Waals surface area contributed by atoms with Crippen molar-refractivity contribution in [2.75, 3.05) is 32.8 Å². The highest BCUT2D eigenvalue weighted by Crippen LogP contribution is 2.33. The summed E-state index contributed by atoms with van der Waals surface area (Å²) in [6.07, 6.45) is 6.54. The summed E-state index contributed by atoms with van der Waals surface area (Å²) in [6.45, 7) is 1.46. The molecule has 1 aliphatic rings. The zero-order chi connectivity index (χ0) is 19.8. The Bertz CT molecular complexity index is 722. The highest BCUT2D eigenvalue weighted by Gasteiger charge is 2.19. The van der Waals surface area contributed by atoms with E-state index in [0.717, 1.165) is 50.3 Å². The van der Waals surface area contributed by atoms with Crippen molar-refractivity contribution in [3.63, 3.8) is 0 Å². The van der Waals surface area contributed by atoms with Crippen LogP contribution in [0.4, 0.5) is 11.4 Å². The first-order chi connectivity index (χ1) is 13.7. The Hall–Kier alpha value is -1.88. The van der Waals surface area contributed by atoms with E-state index < -0.39 is 0 Å². The summed E-state index contributed by atoms with van der Waals surface area (Å²) in [4.78, 5) is 0. The lowest BCUT2D eigenvalue weighted by Gasteiger charge is -2.26. The molecule has 0 heterocycles. The fourth-order valence-corrected chi connectivity index (χ4v) is 4.06. The summed E-state index contributed by atoms with van der Waals surface area (Å²) in [7, 11) is 3.49. The van der Waals surface area contributed by atoms with Crippen LogP contribution < -0.4 is 11.1 Å². The predicted molar refractivity (Wildman–Crippen MR) is 117 cm³/mol. The lowest BCUT2D eigenvalue weighted by Crippen LogP contribution is -2.25. The first-order valence-corrected chi connectivity index (χ1v) is 10.4. The molecule has 1 aliphatic carbocycles. The summed E-state index contributed by atoms with van der Waals surface area (Å²) >= 11 is 0. The second-order valence-corrected chi connectivity index (χ2v) is 7.83. The van der Waals surface area contributed by atoms with Crippen molar-refractivity contribution in [2.45, 2.75) is 50.5 Å². The molecule has 2 aromatic carbocycles. The van der Waals surface area contributed by atoms with E-state index in [1.165, 1.54) is 29.5 Å². The van der Waals surface area contributed by atoms with Gasteiger partial charge in [0.1, 0.15) is 0 Å². The zero-order valence-electron chi connectivity index (χ0n) is 17.2. The van der Waals surface area contributed by atoms with E-state index in [0.29, 0.717) is 12.0 Å². The van der Waals surface area contributed by atoms with Crippen LogP contribution in [-0.4, -0.2) is 33.5 Å². The number of ether oxygens (including phenoxy) is 2. The van der Waals surface area contributed by atoms with Crippen molar-refractivity contribution in [2.24, 2.45) is 5.73 Å². The maximum Gasteiger partial charge on any atom is 0.0502 e. The lowest BCUT2D eigenvalue weighted by atomic mass is 9.82. The molecule has 0 aliphatic heterocycles. The summed E-state index contributed by atoms with van der Waals surface area (Å²) in [5, 5.41) is 3.55. The van der Waals surface area contributed by atoms with Gasteiger partial charge in [0.15, 0.2) is 0 Å². The Morgan fingerprint density at radius 2 is 1.43 bits per heavy atom. The molecule has 0 unspecified atom stereocenters. The molecule has 0 spiro atoms. The van der Waals surface area contributed by atoms with Crippen LogP contribution in [0.2, 0.25) is 0 Å². The molecule has 28 heavy (non-hydrogen) atoms. The average Bonchev–Trinajstić information content (AvgIpc) is 2.73. The molecule has 0 aromatic heterocycles. The molecule has 0 saturated heterocycles. The van der Waals surface area contributed by atoms with Crippen molar-refractivity contribution in [1.29, 1.82) is 0 Å². The van der Waals surface area contributed by atoms with Gasteiger partial charge in [0, 0.05) is 31.6 Å². The van der Waals surface area contributed by atoms with Gasteiger partial charge in [0.25, 0.3) is 0 Å². The second kappa shape index (κ2) is 10.6. The molecule has 152 valence electrons. The van der Waals surface area contributed by atoms with Crippen LogP contribution in [0.1, 0.15) is 48.3 Å². The minimum Gasteiger partial charge on any atom is -0.384 e. The molecular weight excluding hydrogens is 348 g/mol. The van der Waals surface area contributed by atoms with Gasteiger partial charge in [-0.3, -0.25) is 0 Å². The summed E-state index contributed by atoms with van der Waals surface area (Å²) in [5.41, 5.74) is 12.4. The molecule has 0 amide bonds. The van der Waals surface area contributed by atoms with E-state index in [2.05, 4.69) is 47.8 Å². The van der Waals surface area contributed by atoms with Gasteiger partial charge < -0.3 is 20.5 Å². The number of hydrogen-bond donors (Lipinski definition) is 2. The highest BCUT2D eigenvalue weighted by atomic mass is 16.5. The normalized spacial score (nSPS) is 19.5. The Morgan fingerprint density at radius 1 is 0.821 bits per heavy atom. The van der Waals surface area contributed by atoms with Crippen LogP contribution in [0, 0.1) is 0 Å². The number of rotatable bonds is 9. The standard InChI is InChI=1S/C24H34N2O2/c1-27-15-13-20-7-12-24(17-21(20)14-16-28-2)26-23-10-5-19(6-11-23)18-3-8-22(25)9-4-18/h5-7,10-12,17-18,22,26H,3-4,8-9,13-16,25H2,1-2H3. The van der Waals surface area contributed by atoms with Crippen molar-refractivity contribution >= 4 is 11.4 Å². The van der Waals surface area contributed by atoms with Crippen LogP contribution in [0.15, 0.2) is 42.5 Å². The van der Waals surface area contributed by atoms with Gasteiger partial charge in [-0.25, -0.2) is 0 Å². The number of methoxy groups -OCH3 is 2. The van der Waals surface area contributed by atoms with Crippen molar-refractivity contribution in [3.8, 4) is 0 Å². The third-order valence-corrected chi connectivity index (χ3v) is 5.80. The van der Waals surface area contributed by atoms with E-state index in [9.17, 15) is 0 Å². The minimum absolute atomic E-state index is 0.399. The summed E-state index contributed by atoms with van der Waals surface area (Å²) in [5.74, 6) is 0.662. The van der Waals surface area contributed by atoms with Gasteiger partial charge >= 0.3 is 0 Å². The van der Waals surface area contributed by atoms with Gasteiger partial charge in [0.2, 0.25) is 0 Å². The van der Waals surface area contributed by atoms with Crippen LogP contribution in [0.25, 0.3) is 0 Å². The zero-order valence-corrected chi connectivity index (χ0v) is 17.2. The topological polar surface area (TPSA) is 56.5 Å². The smallest absolute Gasteiger partial charge is 0.0502 e. The fourth-order valence-electron chi connectivity index (χ4n) is 4.06. The molecule has 0 radical (unpaired) electrons. The molecule has 2 aromatic rings. The minimum atomic E-state index is 0.399. The van der Waals surface area contributed by atoms with Crippen molar-refractivity contribution in [3.05, 3.63) is 59.2 Å². The Kier molecular flexibility index (Phi) is 7.90. The SMILES string of the molecule is COCCc1ccc(Nc2ccc(C3CCC(N)CC3)cc2)cc1CCOC. The van der Waals surface area contributed by atoms with E-state index in [-0.39, 0.29) is 0 Å². The molecule has 0 atom stereocenters. The Morgan fingerprint density at radius 3 is 2.07 bits per heavy atom. The number of benzene rings is 2. The quantitative estimate of drug-likeness (QED) is 0.654. The number of anilines is 2.